The number of nitrogens with zero attached hydrogens (tertiary/aromatic N) is 1. The van der Waals surface area contributed by atoms with Gasteiger partial charge in [-0.15, -0.1) is 11.3 Å². The molecule has 1 amide bonds. The van der Waals surface area contributed by atoms with Crippen molar-refractivity contribution < 1.29 is 4.79 Å². The zero-order valence-electron chi connectivity index (χ0n) is 13.8. The monoisotopic (exact) mass is 363 g/mol. The van der Waals surface area contributed by atoms with Crippen LogP contribution in [0.3, 0.4) is 0 Å². The van der Waals surface area contributed by atoms with E-state index in [4.69, 9.17) is 11.6 Å². The Hall–Kier alpha value is -1.59. The molecule has 0 spiro atoms. The summed E-state index contributed by atoms with van der Waals surface area (Å²) < 4.78 is 0.545. The number of aromatic nitrogens is 1. The third-order valence-corrected chi connectivity index (χ3v) is 5.61. The molecular formula is C18H22ClN3OS. The van der Waals surface area contributed by atoms with Crippen LogP contribution >= 0.6 is 22.9 Å². The SMILES string of the molecule is Cc1c(NCc2cnc(Cl)s2)cccc1C(=O)NC1CCCCC1. The van der Waals surface area contributed by atoms with Crippen molar-refractivity contribution in [3.05, 3.63) is 44.9 Å². The fourth-order valence-electron chi connectivity index (χ4n) is 3.13. The number of benzene rings is 1. The van der Waals surface area contributed by atoms with Crippen molar-refractivity contribution >= 4 is 34.5 Å². The van der Waals surface area contributed by atoms with Crippen molar-refractivity contribution in [2.24, 2.45) is 0 Å². The van der Waals surface area contributed by atoms with Gasteiger partial charge in [-0.2, -0.15) is 0 Å². The number of nitrogens with one attached hydrogen (secondary N) is 2. The van der Waals surface area contributed by atoms with Crippen LogP contribution in [0.2, 0.25) is 4.47 Å². The average Bonchev–Trinajstić information content (AvgIpc) is 3.00. The van der Waals surface area contributed by atoms with Crippen molar-refractivity contribution in [2.45, 2.75) is 51.6 Å². The lowest BCUT2D eigenvalue weighted by Gasteiger charge is -2.23. The molecule has 0 radical (unpaired) electrons. The number of anilines is 1. The molecule has 0 aliphatic heterocycles. The summed E-state index contributed by atoms with van der Waals surface area (Å²) in [4.78, 5) is 17.7. The number of rotatable bonds is 5. The minimum atomic E-state index is 0.0314. The highest BCUT2D eigenvalue weighted by atomic mass is 35.5. The van der Waals surface area contributed by atoms with Gasteiger partial charge in [0, 0.05) is 28.4 Å². The number of hydrogen-bond donors (Lipinski definition) is 2. The highest BCUT2D eigenvalue weighted by Gasteiger charge is 2.18. The summed E-state index contributed by atoms with van der Waals surface area (Å²) in [5.74, 6) is 0.0314. The third-order valence-electron chi connectivity index (χ3n) is 4.50. The van der Waals surface area contributed by atoms with Crippen LogP contribution < -0.4 is 10.6 Å². The maximum Gasteiger partial charge on any atom is 0.251 e. The number of hydrogen-bond acceptors (Lipinski definition) is 4. The molecule has 0 unspecified atom stereocenters. The molecule has 0 bridgehead atoms. The van der Waals surface area contributed by atoms with Gasteiger partial charge in [0.05, 0.1) is 6.54 Å². The second-order valence-electron chi connectivity index (χ2n) is 6.22. The summed E-state index contributed by atoms with van der Waals surface area (Å²) in [7, 11) is 0. The molecule has 0 saturated heterocycles. The van der Waals surface area contributed by atoms with Crippen molar-refractivity contribution in [3.63, 3.8) is 0 Å². The van der Waals surface area contributed by atoms with Crippen LogP contribution in [0.15, 0.2) is 24.4 Å². The van der Waals surface area contributed by atoms with Gasteiger partial charge >= 0.3 is 0 Å². The Morgan fingerprint density at radius 3 is 2.83 bits per heavy atom. The Kier molecular flexibility index (Phi) is 5.74. The van der Waals surface area contributed by atoms with Gasteiger partial charge < -0.3 is 10.6 Å². The largest absolute Gasteiger partial charge is 0.380 e. The highest BCUT2D eigenvalue weighted by molar-refractivity contribution is 7.15. The number of thiazole rings is 1. The van der Waals surface area contributed by atoms with E-state index >= 15 is 0 Å². The molecule has 1 fully saturated rings. The molecule has 2 aromatic rings. The lowest BCUT2D eigenvalue weighted by atomic mass is 9.95. The second kappa shape index (κ2) is 7.99. The standard InChI is InChI=1S/C18H22ClN3OS/c1-12-15(17(23)22-13-6-3-2-4-7-13)8-5-9-16(12)20-10-14-11-21-18(19)24-14/h5,8-9,11,13,20H,2-4,6-7,10H2,1H3,(H,22,23). The Labute approximate surface area is 151 Å². The van der Waals surface area contributed by atoms with Gasteiger partial charge in [0.1, 0.15) is 0 Å². The van der Waals surface area contributed by atoms with Crippen molar-refractivity contribution in [1.29, 1.82) is 0 Å². The molecule has 1 heterocycles. The summed E-state index contributed by atoms with van der Waals surface area (Å²) >= 11 is 7.32. The van der Waals surface area contributed by atoms with Gasteiger partial charge in [-0.05, 0) is 37.5 Å². The summed E-state index contributed by atoms with van der Waals surface area (Å²) in [6.45, 7) is 2.64. The summed E-state index contributed by atoms with van der Waals surface area (Å²) in [6, 6.07) is 6.13. The lowest BCUT2D eigenvalue weighted by molar-refractivity contribution is 0.0927. The topological polar surface area (TPSA) is 54.0 Å². The smallest absolute Gasteiger partial charge is 0.251 e. The summed E-state index contributed by atoms with van der Waals surface area (Å²) in [5, 5.41) is 6.56. The molecule has 0 atom stereocenters. The summed E-state index contributed by atoms with van der Waals surface area (Å²) in [6.07, 6.45) is 7.66. The van der Waals surface area contributed by atoms with Gasteiger partial charge in [0.25, 0.3) is 5.91 Å². The molecule has 24 heavy (non-hydrogen) atoms. The fourth-order valence-corrected chi connectivity index (χ4v) is 4.05. The average molecular weight is 364 g/mol. The number of carbonyl (C=O) groups excluding carboxylic acids is 1. The Morgan fingerprint density at radius 1 is 1.33 bits per heavy atom. The van der Waals surface area contributed by atoms with Crippen LogP contribution in [-0.4, -0.2) is 16.9 Å². The van der Waals surface area contributed by atoms with E-state index in [1.807, 2.05) is 25.1 Å². The van der Waals surface area contributed by atoms with Crippen LogP contribution in [0, 0.1) is 6.92 Å². The molecule has 4 nitrogen and oxygen atoms in total. The third kappa shape index (κ3) is 4.28. The van der Waals surface area contributed by atoms with E-state index in [1.54, 1.807) is 6.20 Å². The van der Waals surface area contributed by atoms with E-state index in [1.165, 1.54) is 30.6 Å². The van der Waals surface area contributed by atoms with Crippen LogP contribution in [0.25, 0.3) is 0 Å². The van der Waals surface area contributed by atoms with Gasteiger partial charge in [0.15, 0.2) is 4.47 Å². The highest BCUT2D eigenvalue weighted by Crippen LogP contribution is 2.23. The molecule has 1 aromatic carbocycles. The normalized spacial score (nSPS) is 15.2. The number of halogens is 1. The molecule has 2 N–H and O–H groups in total. The zero-order valence-corrected chi connectivity index (χ0v) is 15.3. The van der Waals surface area contributed by atoms with Crippen molar-refractivity contribution in [1.82, 2.24) is 10.3 Å². The Morgan fingerprint density at radius 2 is 2.12 bits per heavy atom. The van der Waals surface area contributed by atoms with E-state index in [0.717, 1.165) is 34.5 Å². The molecule has 3 rings (SSSR count). The first-order chi connectivity index (χ1) is 11.6. The number of carbonyl (C=O) groups is 1. The minimum Gasteiger partial charge on any atom is -0.380 e. The van der Waals surface area contributed by atoms with Gasteiger partial charge in [-0.1, -0.05) is 36.9 Å². The van der Waals surface area contributed by atoms with Crippen LogP contribution in [0.4, 0.5) is 5.69 Å². The van der Waals surface area contributed by atoms with E-state index in [-0.39, 0.29) is 5.91 Å². The van der Waals surface area contributed by atoms with E-state index in [0.29, 0.717) is 17.1 Å². The van der Waals surface area contributed by atoms with Crippen molar-refractivity contribution in [2.75, 3.05) is 5.32 Å². The molecular weight excluding hydrogens is 342 g/mol. The minimum absolute atomic E-state index is 0.0314. The maximum absolute atomic E-state index is 12.6. The predicted molar refractivity (Wildman–Crippen MR) is 100.0 cm³/mol. The number of amides is 1. The Balaban J connectivity index is 1.66. The van der Waals surface area contributed by atoms with Crippen LogP contribution in [0.1, 0.15) is 52.9 Å². The van der Waals surface area contributed by atoms with Crippen LogP contribution in [-0.2, 0) is 6.54 Å². The second-order valence-corrected chi connectivity index (χ2v) is 7.92. The first-order valence-corrected chi connectivity index (χ1v) is 9.57. The molecule has 1 aliphatic rings. The van der Waals surface area contributed by atoms with E-state index in [2.05, 4.69) is 15.6 Å². The van der Waals surface area contributed by atoms with E-state index < -0.39 is 0 Å². The van der Waals surface area contributed by atoms with Gasteiger partial charge in [0.2, 0.25) is 0 Å². The summed E-state index contributed by atoms with van der Waals surface area (Å²) in [5.41, 5.74) is 2.69. The Bertz CT molecular complexity index is 710. The molecule has 1 saturated carbocycles. The van der Waals surface area contributed by atoms with Crippen LogP contribution in [0.5, 0.6) is 0 Å². The molecule has 6 heteroatoms. The zero-order chi connectivity index (χ0) is 16.9. The first-order valence-electron chi connectivity index (χ1n) is 8.38. The molecule has 1 aromatic heterocycles. The maximum atomic E-state index is 12.6. The fraction of sp³-hybridized carbons (Fsp3) is 0.444. The van der Waals surface area contributed by atoms with Gasteiger partial charge in [-0.25, -0.2) is 4.98 Å². The van der Waals surface area contributed by atoms with E-state index in [9.17, 15) is 4.79 Å². The lowest BCUT2D eigenvalue weighted by Crippen LogP contribution is -2.36. The van der Waals surface area contributed by atoms with Crippen molar-refractivity contribution in [3.8, 4) is 0 Å². The molecule has 128 valence electrons. The predicted octanol–water partition coefficient (Wildman–Crippen LogP) is 4.78. The van der Waals surface area contributed by atoms with Gasteiger partial charge in [-0.3, -0.25) is 4.79 Å². The first kappa shape index (κ1) is 17.2. The quantitative estimate of drug-likeness (QED) is 0.803. The molecule has 1 aliphatic carbocycles.